The van der Waals surface area contributed by atoms with Crippen molar-refractivity contribution in [2.24, 2.45) is 0 Å². The molecule has 1 aliphatic heterocycles. The van der Waals surface area contributed by atoms with Gasteiger partial charge in [-0.1, -0.05) is 6.07 Å². The number of carbonyl (C=O) groups excluding carboxylic acids is 2. The lowest BCUT2D eigenvalue weighted by atomic mass is 10.2. The van der Waals surface area contributed by atoms with Crippen molar-refractivity contribution in [1.82, 2.24) is 9.97 Å². The topological polar surface area (TPSA) is 63.2 Å². The minimum absolute atomic E-state index is 0.171. The summed E-state index contributed by atoms with van der Waals surface area (Å²) in [6.07, 6.45) is 1.49. The molecule has 3 heterocycles. The van der Waals surface area contributed by atoms with Gasteiger partial charge in [-0.2, -0.15) is 0 Å². The van der Waals surface area contributed by atoms with Gasteiger partial charge in [-0.05, 0) is 40.2 Å². The quantitative estimate of drug-likeness (QED) is 0.597. The van der Waals surface area contributed by atoms with Crippen LogP contribution in [0, 0.1) is 0 Å². The summed E-state index contributed by atoms with van der Waals surface area (Å²) in [6, 6.07) is 8.25. The number of aromatic nitrogens is 2. The van der Waals surface area contributed by atoms with E-state index in [1.165, 1.54) is 6.20 Å². The fourth-order valence-electron chi connectivity index (χ4n) is 1.80. The molecule has 0 fully saturated rings. The maximum Gasteiger partial charge on any atom is 0.285 e. The number of anilines is 1. The normalized spacial score (nSPS) is 13.9. The van der Waals surface area contributed by atoms with Crippen molar-refractivity contribution in [1.29, 1.82) is 0 Å². The molecule has 0 spiro atoms. The minimum Gasteiger partial charge on any atom is -0.268 e. The molecule has 1 aliphatic rings. The highest BCUT2D eigenvalue weighted by Gasteiger charge is 2.38. The summed E-state index contributed by atoms with van der Waals surface area (Å²) < 4.78 is 0.560. The Morgan fingerprint density at radius 3 is 2.61 bits per heavy atom. The number of fused-ring (bicyclic) bond motifs is 1. The van der Waals surface area contributed by atoms with Crippen LogP contribution in [0.2, 0.25) is 0 Å². The maximum absolute atomic E-state index is 12.1. The second-order valence-electron chi connectivity index (χ2n) is 3.66. The van der Waals surface area contributed by atoms with Gasteiger partial charge >= 0.3 is 0 Å². The highest BCUT2D eigenvalue weighted by Crippen LogP contribution is 2.26. The SMILES string of the molecule is O=C1c2cccnc2C(=O)N1c1cccc(Br)n1. The van der Waals surface area contributed by atoms with Crippen molar-refractivity contribution < 1.29 is 9.59 Å². The fourth-order valence-corrected chi connectivity index (χ4v) is 2.13. The molecule has 0 unspecified atom stereocenters. The number of pyridine rings is 2. The van der Waals surface area contributed by atoms with Crippen molar-refractivity contribution in [3.05, 3.63) is 52.4 Å². The Balaban J connectivity index is 2.12. The lowest BCUT2D eigenvalue weighted by Gasteiger charge is -2.11. The summed E-state index contributed by atoms with van der Waals surface area (Å²) in [5.74, 6) is -0.549. The molecular formula is C12H6BrN3O2. The molecular weight excluding hydrogens is 298 g/mol. The molecule has 0 saturated carbocycles. The smallest absolute Gasteiger partial charge is 0.268 e. The van der Waals surface area contributed by atoms with E-state index in [9.17, 15) is 9.59 Å². The molecule has 0 bridgehead atoms. The predicted molar refractivity (Wildman–Crippen MR) is 67.3 cm³/mol. The Labute approximate surface area is 111 Å². The Morgan fingerprint density at radius 2 is 1.89 bits per heavy atom. The van der Waals surface area contributed by atoms with E-state index < -0.39 is 11.8 Å². The second kappa shape index (κ2) is 3.99. The third kappa shape index (κ3) is 1.53. The van der Waals surface area contributed by atoms with Gasteiger partial charge in [-0.3, -0.25) is 14.6 Å². The van der Waals surface area contributed by atoms with Crippen LogP contribution in [-0.4, -0.2) is 21.8 Å². The van der Waals surface area contributed by atoms with Gasteiger partial charge < -0.3 is 0 Å². The lowest BCUT2D eigenvalue weighted by Crippen LogP contribution is -2.30. The third-order valence-corrected chi connectivity index (χ3v) is 3.02. The van der Waals surface area contributed by atoms with Crippen LogP contribution in [0.5, 0.6) is 0 Å². The van der Waals surface area contributed by atoms with E-state index in [4.69, 9.17) is 0 Å². The summed E-state index contributed by atoms with van der Waals surface area (Å²) in [5, 5.41) is 0. The first-order chi connectivity index (χ1) is 8.68. The maximum atomic E-state index is 12.1. The molecule has 0 aliphatic carbocycles. The number of hydrogen-bond donors (Lipinski definition) is 0. The number of hydrogen-bond acceptors (Lipinski definition) is 4. The summed E-state index contributed by atoms with van der Waals surface area (Å²) in [7, 11) is 0. The molecule has 6 heteroatoms. The zero-order chi connectivity index (χ0) is 12.7. The Bertz CT molecular complexity index is 637. The monoisotopic (exact) mass is 303 g/mol. The first-order valence-electron chi connectivity index (χ1n) is 5.15. The van der Waals surface area contributed by atoms with Crippen molar-refractivity contribution in [3.8, 4) is 0 Å². The van der Waals surface area contributed by atoms with Gasteiger partial charge in [0.1, 0.15) is 16.1 Å². The number of rotatable bonds is 1. The molecule has 5 nitrogen and oxygen atoms in total. The zero-order valence-electron chi connectivity index (χ0n) is 9.00. The summed E-state index contributed by atoms with van der Waals surface area (Å²) >= 11 is 3.21. The molecule has 0 N–H and O–H groups in total. The van der Waals surface area contributed by atoms with E-state index >= 15 is 0 Å². The Hall–Kier alpha value is -2.08. The standard InChI is InChI=1S/C12H6BrN3O2/c13-8-4-1-5-9(15-8)16-11(17)7-3-2-6-14-10(7)12(16)18/h1-6H. The summed E-state index contributed by atoms with van der Waals surface area (Å²) in [6.45, 7) is 0. The number of halogens is 1. The van der Waals surface area contributed by atoms with Crippen LogP contribution in [0.4, 0.5) is 5.82 Å². The number of imide groups is 1. The van der Waals surface area contributed by atoms with Crippen LogP contribution in [0.15, 0.2) is 41.1 Å². The van der Waals surface area contributed by atoms with Crippen LogP contribution in [0.1, 0.15) is 20.8 Å². The van der Waals surface area contributed by atoms with Gasteiger partial charge in [0.25, 0.3) is 11.8 Å². The first-order valence-corrected chi connectivity index (χ1v) is 5.94. The average Bonchev–Trinajstić information content (AvgIpc) is 2.63. The van der Waals surface area contributed by atoms with Gasteiger partial charge in [-0.25, -0.2) is 9.88 Å². The van der Waals surface area contributed by atoms with Gasteiger partial charge in [0.15, 0.2) is 0 Å². The zero-order valence-corrected chi connectivity index (χ0v) is 10.6. The molecule has 2 aromatic heterocycles. The molecule has 0 radical (unpaired) electrons. The molecule has 2 aromatic rings. The molecule has 0 saturated heterocycles. The number of carbonyl (C=O) groups is 2. The van der Waals surface area contributed by atoms with Gasteiger partial charge in [0, 0.05) is 6.20 Å². The van der Waals surface area contributed by atoms with E-state index in [1.807, 2.05) is 0 Å². The van der Waals surface area contributed by atoms with E-state index in [0.29, 0.717) is 10.2 Å². The number of nitrogens with zero attached hydrogens (tertiary/aromatic N) is 3. The van der Waals surface area contributed by atoms with Crippen LogP contribution in [0.3, 0.4) is 0 Å². The Kier molecular flexibility index (Phi) is 2.45. The summed E-state index contributed by atoms with van der Waals surface area (Å²) in [5.41, 5.74) is 0.480. The summed E-state index contributed by atoms with van der Waals surface area (Å²) in [4.78, 5) is 33.3. The second-order valence-corrected chi connectivity index (χ2v) is 4.48. The van der Waals surface area contributed by atoms with Crippen LogP contribution >= 0.6 is 15.9 Å². The van der Waals surface area contributed by atoms with Crippen molar-refractivity contribution in [2.45, 2.75) is 0 Å². The van der Waals surface area contributed by atoms with Crippen LogP contribution in [-0.2, 0) is 0 Å². The van der Waals surface area contributed by atoms with E-state index in [-0.39, 0.29) is 11.5 Å². The molecule has 18 heavy (non-hydrogen) atoms. The van der Waals surface area contributed by atoms with Gasteiger partial charge in [-0.15, -0.1) is 0 Å². The van der Waals surface area contributed by atoms with Crippen molar-refractivity contribution in [2.75, 3.05) is 4.90 Å². The predicted octanol–water partition coefficient (Wildman–Crippen LogP) is 2.04. The molecule has 2 amide bonds. The van der Waals surface area contributed by atoms with Gasteiger partial charge in [0.2, 0.25) is 0 Å². The molecule has 3 rings (SSSR count). The first kappa shape index (κ1) is 11.0. The third-order valence-electron chi connectivity index (χ3n) is 2.58. The van der Waals surface area contributed by atoms with Crippen LogP contribution < -0.4 is 4.90 Å². The molecule has 88 valence electrons. The minimum atomic E-state index is -0.443. The Morgan fingerprint density at radius 1 is 1.06 bits per heavy atom. The highest BCUT2D eigenvalue weighted by atomic mass is 79.9. The largest absolute Gasteiger partial charge is 0.285 e. The highest BCUT2D eigenvalue weighted by molar-refractivity contribution is 9.10. The average molecular weight is 304 g/mol. The van der Waals surface area contributed by atoms with E-state index in [2.05, 4.69) is 25.9 Å². The van der Waals surface area contributed by atoms with Gasteiger partial charge in [0.05, 0.1) is 5.56 Å². The molecule has 0 aromatic carbocycles. The van der Waals surface area contributed by atoms with Crippen molar-refractivity contribution in [3.63, 3.8) is 0 Å². The van der Waals surface area contributed by atoms with Crippen LogP contribution in [0.25, 0.3) is 0 Å². The molecule has 0 atom stereocenters. The number of amides is 2. The van der Waals surface area contributed by atoms with E-state index in [1.54, 1.807) is 30.3 Å². The lowest BCUT2D eigenvalue weighted by molar-refractivity contribution is 0.0923. The van der Waals surface area contributed by atoms with E-state index in [0.717, 1.165) is 4.90 Å². The van der Waals surface area contributed by atoms with Crippen molar-refractivity contribution >= 4 is 33.6 Å². The fraction of sp³-hybridized carbons (Fsp3) is 0.